The summed E-state index contributed by atoms with van der Waals surface area (Å²) in [5.74, 6) is -0.0936. The van der Waals surface area contributed by atoms with Crippen molar-refractivity contribution in [2.75, 3.05) is 12.3 Å². The van der Waals surface area contributed by atoms with E-state index in [4.69, 9.17) is 10.5 Å². The Bertz CT molecular complexity index is 1460. The molecule has 4 rings (SSSR count). The average molecular weight is 648 g/mol. The molecule has 1 aliphatic heterocycles. The van der Waals surface area contributed by atoms with Crippen LogP contribution in [0.4, 0.5) is 63.3 Å². The van der Waals surface area contributed by atoms with Gasteiger partial charge in [0.25, 0.3) is 0 Å². The number of aryl methyl sites for hydroxylation is 1. The number of hydrogen-bond acceptors (Lipinski definition) is 4. The van der Waals surface area contributed by atoms with Crippen LogP contribution in [-0.4, -0.2) is 27.3 Å². The quantitative estimate of drug-likeness (QED) is 0.293. The predicted molar refractivity (Wildman–Crippen MR) is 127 cm³/mol. The van der Waals surface area contributed by atoms with Gasteiger partial charge in [0.15, 0.2) is 0 Å². The van der Waals surface area contributed by atoms with E-state index in [1.807, 2.05) is 0 Å². The van der Waals surface area contributed by atoms with Gasteiger partial charge in [-0.15, -0.1) is 0 Å². The second-order valence-corrected chi connectivity index (χ2v) is 9.87. The van der Waals surface area contributed by atoms with Gasteiger partial charge in [-0.25, -0.2) is 4.79 Å². The van der Waals surface area contributed by atoms with Gasteiger partial charge in [-0.2, -0.15) is 57.8 Å². The maximum atomic E-state index is 13.5. The molecule has 2 N–H and O–H groups in total. The van der Waals surface area contributed by atoms with E-state index < -0.39 is 83.2 Å². The molecular weight excluding hydrogens is 628 g/mol. The van der Waals surface area contributed by atoms with Gasteiger partial charge in [-0.05, 0) is 60.4 Å². The van der Waals surface area contributed by atoms with Crippen molar-refractivity contribution >= 4 is 11.9 Å². The smallest absolute Gasteiger partial charge is 0.416 e. The number of anilines is 1. The van der Waals surface area contributed by atoms with Crippen LogP contribution < -0.4 is 5.73 Å². The van der Waals surface area contributed by atoms with Crippen LogP contribution in [0.25, 0.3) is 0 Å². The number of alkyl halides is 12. The largest absolute Gasteiger partial charge is 0.445 e. The van der Waals surface area contributed by atoms with E-state index in [9.17, 15) is 57.5 Å². The standard InChI is InChI=1S/C26H20F12N4O2/c27-23(28,29)15-4-13(5-16(9-15)24(30,31)32)8-19-20-11-21(39)40-42(20)3-1-2-41(19)22(43)44-12-14-6-17(25(33,34)35)10-18(7-14)26(36,37)38/h4-7,9-11,19H,1-3,8,12H2,(H2,39,40). The minimum Gasteiger partial charge on any atom is -0.445 e. The number of hydrogen-bond donors (Lipinski definition) is 1. The minimum atomic E-state index is -5.17. The van der Waals surface area contributed by atoms with E-state index >= 15 is 0 Å². The van der Waals surface area contributed by atoms with Gasteiger partial charge in [0.2, 0.25) is 0 Å². The van der Waals surface area contributed by atoms with Crippen molar-refractivity contribution in [3.05, 3.63) is 81.5 Å². The van der Waals surface area contributed by atoms with Crippen molar-refractivity contribution in [2.24, 2.45) is 0 Å². The number of carbonyl (C=O) groups excluding carboxylic acids is 1. The number of ether oxygens (including phenoxy) is 1. The zero-order valence-corrected chi connectivity index (χ0v) is 21.9. The summed E-state index contributed by atoms with van der Waals surface area (Å²) in [5.41, 5.74) is -1.86. The maximum Gasteiger partial charge on any atom is 0.416 e. The van der Waals surface area contributed by atoms with Crippen LogP contribution in [0.1, 0.15) is 51.5 Å². The summed E-state index contributed by atoms with van der Waals surface area (Å²) in [5, 5.41) is 4.01. The van der Waals surface area contributed by atoms with Gasteiger partial charge in [-0.1, -0.05) is 0 Å². The summed E-state index contributed by atoms with van der Waals surface area (Å²) in [7, 11) is 0. The number of nitrogens with two attached hydrogens (primary N) is 1. The van der Waals surface area contributed by atoms with Crippen molar-refractivity contribution < 1.29 is 62.2 Å². The molecule has 6 nitrogen and oxygen atoms in total. The Morgan fingerprint density at radius 2 is 1.18 bits per heavy atom. The van der Waals surface area contributed by atoms with Crippen LogP contribution in [0.15, 0.2) is 42.5 Å². The van der Waals surface area contributed by atoms with E-state index in [2.05, 4.69) is 5.10 Å². The maximum absolute atomic E-state index is 13.5. The Hall–Kier alpha value is -4.12. The molecule has 3 aromatic rings. The molecule has 0 spiro atoms. The lowest BCUT2D eigenvalue weighted by Gasteiger charge is -2.30. The Morgan fingerprint density at radius 1 is 0.727 bits per heavy atom. The van der Waals surface area contributed by atoms with E-state index in [1.165, 1.54) is 10.7 Å². The Labute approximate surface area is 240 Å². The fourth-order valence-corrected chi connectivity index (χ4v) is 4.73. The Balaban J connectivity index is 1.70. The number of benzene rings is 2. The summed E-state index contributed by atoms with van der Waals surface area (Å²) in [4.78, 5) is 14.1. The van der Waals surface area contributed by atoms with Crippen molar-refractivity contribution in [1.82, 2.24) is 14.7 Å². The number of amides is 1. The lowest BCUT2D eigenvalue weighted by atomic mass is 9.97. The molecule has 1 aliphatic rings. The normalized spacial score (nSPS) is 16.5. The molecule has 18 heteroatoms. The molecule has 44 heavy (non-hydrogen) atoms. The Morgan fingerprint density at radius 3 is 1.64 bits per heavy atom. The SMILES string of the molecule is Nc1cc2n(n1)CCCN(C(=O)OCc1cc(C(F)(F)F)cc(C(F)(F)F)c1)C2Cc1cc(C(F)(F)F)cc(C(F)(F)F)c1. The van der Waals surface area contributed by atoms with Crippen LogP contribution >= 0.6 is 0 Å². The van der Waals surface area contributed by atoms with Crippen LogP contribution in [0.2, 0.25) is 0 Å². The molecule has 240 valence electrons. The number of halogens is 12. The molecule has 0 radical (unpaired) electrons. The number of nitrogens with zero attached hydrogens (tertiary/aromatic N) is 3. The topological polar surface area (TPSA) is 73.4 Å². The van der Waals surface area contributed by atoms with Gasteiger partial charge in [0.05, 0.1) is 34.0 Å². The van der Waals surface area contributed by atoms with Crippen LogP contribution in [0.5, 0.6) is 0 Å². The number of aromatic nitrogens is 2. The highest BCUT2D eigenvalue weighted by Gasteiger charge is 2.39. The van der Waals surface area contributed by atoms with Crippen molar-refractivity contribution in [2.45, 2.75) is 56.7 Å². The number of nitrogen functional groups attached to an aromatic ring is 1. The molecule has 0 fully saturated rings. The molecule has 1 aromatic heterocycles. The van der Waals surface area contributed by atoms with Crippen LogP contribution in [-0.2, 0) is 49.0 Å². The predicted octanol–water partition coefficient (Wildman–Crippen LogP) is 7.87. The Kier molecular flexibility index (Phi) is 8.51. The molecular formula is C26H20F12N4O2. The zero-order chi connectivity index (χ0) is 32.8. The summed E-state index contributed by atoms with van der Waals surface area (Å²) in [6.45, 7) is -1.18. The lowest BCUT2D eigenvalue weighted by Crippen LogP contribution is -2.36. The van der Waals surface area contributed by atoms with E-state index in [-0.39, 0.29) is 43.2 Å². The van der Waals surface area contributed by atoms with Gasteiger partial charge in [0, 0.05) is 19.2 Å². The first-order valence-electron chi connectivity index (χ1n) is 12.5. The van der Waals surface area contributed by atoms with Crippen molar-refractivity contribution in [1.29, 1.82) is 0 Å². The fourth-order valence-electron chi connectivity index (χ4n) is 4.73. The van der Waals surface area contributed by atoms with E-state index in [1.54, 1.807) is 0 Å². The highest BCUT2D eigenvalue weighted by molar-refractivity contribution is 5.68. The molecule has 0 saturated carbocycles. The first kappa shape index (κ1) is 32.8. The summed E-state index contributed by atoms with van der Waals surface area (Å²) >= 11 is 0. The first-order chi connectivity index (χ1) is 20.1. The summed E-state index contributed by atoms with van der Waals surface area (Å²) in [6.07, 6.45) is -22.5. The molecule has 1 unspecified atom stereocenters. The minimum absolute atomic E-state index is 0.0743. The van der Waals surface area contributed by atoms with Gasteiger partial charge >= 0.3 is 30.8 Å². The number of fused-ring (bicyclic) bond motifs is 1. The highest BCUT2D eigenvalue weighted by Crippen LogP contribution is 2.39. The third-order valence-electron chi connectivity index (χ3n) is 6.64. The highest BCUT2D eigenvalue weighted by atomic mass is 19.4. The average Bonchev–Trinajstić information content (AvgIpc) is 3.18. The third-order valence-corrected chi connectivity index (χ3v) is 6.64. The van der Waals surface area contributed by atoms with E-state index in [0.29, 0.717) is 24.3 Å². The summed E-state index contributed by atoms with van der Waals surface area (Å²) < 4.78 is 167. The number of rotatable bonds is 4. The molecule has 0 bridgehead atoms. The molecule has 2 heterocycles. The lowest BCUT2D eigenvalue weighted by molar-refractivity contribution is -0.144. The molecule has 0 aliphatic carbocycles. The van der Waals surface area contributed by atoms with Gasteiger partial charge in [-0.3, -0.25) is 9.58 Å². The molecule has 1 atom stereocenters. The fraction of sp³-hybridized carbons (Fsp3) is 0.385. The molecule has 1 amide bonds. The second-order valence-electron chi connectivity index (χ2n) is 9.87. The van der Waals surface area contributed by atoms with Gasteiger partial charge < -0.3 is 10.5 Å². The van der Waals surface area contributed by atoms with Gasteiger partial charge in [0.1, 0.15) is 12.4 Å². The molecule has 2 aromatic carbocycles. The second kappa shape index (κ2) is 11.4. The van der Waals surface area contributed by atoms with Crippen LogP contribution in [0, 0.1) is 0 Å². The third kappa shape index (κ3) is 7.50. The molecule has 0 saturated heterocycles. The van der Waals surface area contributed by atoms with E-state index in [0.717, 1.165) is 4.90 Å². The van der Waals surface area contributed by atoms with Crippen LogP contribution in [0.3, 0.4) is 0 Å². The van der Waals surface area contributed by atoms with Crippen molar-refractivity contribution in [3.8, 4) is 0 Å². The zero-order valence-electron chi connectivity index (χ0n) is 21.9. The number of carbonyl (C=O) groups is 1. The van der Waals surface area contributed by atoms with Crippen molar-refractivity contribution in [3.63, 3.8) is 0 Å². The summed E-state index contributed by atoms with van der Waals surface area (Å²) in [6, 6.07) is 1.33. The monoisotopic (exact) mass is 648 g/mol. The first-order valence-corrected chi connectivity index (χ1v) is 12.5.